The summed E-state index contributed by atoms with van der Waals surface area (Å²) in [4.78, 5) is 54.7. The van der Waals surface area contributed by atoms with Crippen molar-refractivity contribution >= 4 is 28.7 Å². The van der Waals surface area contributed by atoms with Crippen LogP contribution in [0.3, 0.4) is 0 Å². The number of nitrogens with zero attached hydrogens (tertiary/aromatic N) is 2. The number of para-hydroxylation sites is 1. The molecule has 168 valence electrons. The van der Waals surface area contributed by atoms with E-state index in [4.69, 9.17) is 14.5 Å². The predicted molar refractivity (Wildman–Crippen MR) is 117 cm³/mol. The molecule has 5 rings (SSSR count). The number of fused-ring (bicyclic) bond motifs is 5. The van der Waals surface area contributed by atoms with Gasteiger partial charge in [0.15, 0.2) is 0 Å². The molecule has 1 aromatic carbocycles. The number of esters is 2. The standard InChI is InChI=1S/C24H21N3O6/c1-3-24(33-20(29)10-25-13(2)28)17-9-19-21-15(8-14-6-4-5-7-18(14)26-21)11-27(19)22(30)16(17)12-32-23(24)31/h4-9H,3,10-12H2,1-2H3,(H,25,28)/t24-/m0/s1. The van der Waals surface area contributed by atoms with Crippen molar-refractivity contribution in [2.75, 3.05) is 6.54 Å². The number of carbonyl (C=O) groups is 3. The Balaban J connectivity index is 1.66. The lowest BCUT2D eigenvalue weighted by Gasteiger charge is -2.35. The smallest absolute Gasteiger partial charge is 0.355 e. The number of rotatable bonds is 4. The van der Waals surface area contributed by atoms with Gasteiger partial charge in [0.05, 0.1) is 29.0 Å². The number of nitrogens with one attached hydrogen (secondary N) is 1. The Hall–Kier alpha value is -4.01. The molecule has 1 N–H and O–H groups in total. The highest BCUT2D eigenvalue weighted by molar-refractivity contribution is 5.89. The van der Waals surface area contributed by atoms with Gasteiger partial charge in [0.1, 0.15) is 13.2 Å². The van der Waals surface area contributed by atoms with E-state index < -0.39 is 30.0 Å². The van der Waals surface area contributed by atoms with Crippen molar-refractivity contribution in [1.29, 1.82) is 0 Å². The van der Waals surface area contributed by atoms with Crippen molar-refractivity contribution < 1.29 is 23.9 Å². The van der Waals surface area contributed by atoms with Gasteiger partial charge in [0, 0.05) is 23.4 Å². The number of aromatic nitrogens is 2. The van der Waals surface area contributed by atoms with Crippen LogP contribution >= 0.6 is 0 Å². The van der Waals surface area contributed by atoms with Crippen LogP contribution in [0.2, 0.25) is 0 Å². The number of cyclic esters (lactones) is 1. The lowest BCUT2D eigenvalue weighted by Crippen LogP contribution is -2.48. The molecule has 1 atom stereocenters. The first-order valence-electron chi connectivity index (χ1n) is 10.6. The van der Waals surface area contributed by atoms with Crippen LogP contribution in [0.4, 0.5) is 0 Å². The topological polar surface area (TPSA) is 117 Å². The Morgan fingerprint density at radius 1 is 1.24 bits per heavy atom. The van der Waals surface area contributed by atoms with Gasteiger partial charge in [0.2, 0.25) is 11.5 Å². The Morgan fingerprint density at radius 2 is 2.03 bits per heavy atom. The number of benzene rings is 1. The van der Waals surface area contributed by atoms with Crippen molar-refractivity contribution in [3.05, 3.63) is 63.4 Å². The van der Waals surface area contributed by atoms with Crippen LogP contribution in [-0.2, 0) is 42.6 Å². The van der Waals surface area contributed by atoms with Crippen molar-refractivity contribution in [2.24, 2.45) is 0 Å². The van der Waals surface area contributed by atoms with E-state index in [0.717, 1.165) is 16.5 Å². The maximum absolute atomic E-state index is 13.4. The van der Waals surface area contributed by atoms with Gasteiger partial charge in [-0.05, 0) is 24.6 Å². The average molecular weight is 447 g/mol. The number of pyridine rings is 2. The fourth-order valence-electron chi connectivity index (χ4n) is 4.51. The third-order valence-electron chi connectivity index (χ3n) is 6.15. The van der Waals surface area contributed by atoms with Gasteiger partial charge in [-0.3, -0.25) is 14.4 Å². The number of ether oxygens (including phenoxy) is 2. The second kappa shape index (κ2) is 7.54. The monoisotopic (exact) mass is 447 g/mol. The Morgan fingerprint density at radius 3 is 2.79 bits per heavy atom. The van der Waals surface area contributed by atoms with E-state index in [1.54, 1.807) is 17.6 Å². The summed E-state index contributed by atoms with van der Waals surface area (Å²) < 4.78 is 12.5. The highest BCUT2D eigenvalue weighted by atomic mass is 16.6. The van der Waals surface area contributed by atoms with Gasteiger partial charge in [-0.25, -0.2) is 9.78 Å². The molecule has 9 heteroatoms. The lowest BCUT2D eigenvalue weighted by atomic mass is 9.85. The molecule has 0 unspecified atom stereocenters. The van der Waals surface area contributed by atoms with E-state index in [1.807, 2.05) is 30.3 Å². The minimum absolute atomic E-state index is 0.0611. The van der Waals surface area contributed by atoms with Crippen LogP contribution in [0, 0.1) is 0 Å². The van der Waals surface area contributed by atoms with Crippen LogP contribution < -0.4 is 10.9 Å². The molecule has 1 amide bonds. The zero-order valence-corrected chi connectivity index (χ0v) is 18.1. The fourth-order valence-corrected chi connectivity index (χ4v) is 4.51. The number of carbonyl (C=O) groups excluding carboxylic acids is 3. The molecule has 0 bridgehead atoms. The van der Waals surface area contributed by atoms with Gasteiger partial charge in [-0.1, -0.05) is 25.1 Å². The molecule has 0 spiro atoms. The van der Waals surface area contributed by atoms with Crippen molar-refractivity contribution in [3.8, 4) is 11.4 Å². The summed E-state index contributed by atoms with van der Waals surface area (Å²) in [5.41, 5.74) is 1.38. The summed E-state index contributed by atoms with van der Waals surface area (Å²) in [7, 11) is 0. The molecule has 4 heterocycles. The molecule has 2 aliphatic heterocycles. The van der Waals surface area contributed by atoms with Crippen molar-refractivity contribution in [1.82, 2.24) is 14.9 Å². The molecular weight excluding hydrogens is 426 g/mol. The first kappa shape index (κ1) is 20.9. The van der Waals surface area contributed by atoms with E-state index in [0.29, 0.717) is 23.5 Å². The number of hydrogen-bond acceptors (Lipinski definition) is 7. The zero-order valence-electron chi connectivity index (χ0n) is 18.1. The van der Waals surface area contributed by atoms with Crippen LogP contribution in [0.25, 0.3) is 22.3 Å². The molecular formula is C24H21N3O6. The summed E-state index contributed by atoms with van der Waals surface area (Å²) in [5.74, 6) is -1.96. The summed E-state index contributed by atoms with van der Waals surface area (Å²) in [6.45, 7) is 2.69. The van der Waals surface area contributed by atoms with Crippen LogP contribution in [0.1, 0.15) is 37.0 Å². The van der Waals surface area contributed by atoms with Gasteiger partial charge in [-0.2, -0.15) is 0 Å². The first-order chi connectivity index (χ1) is 15.8. The predicted octanol–water partition coefficient (Wildman–Crippen LogP) is 1.77. The van der Waals surface area contributed by atoms with E-state index in [9.17, 15) is 19.2 Å². The first-order valence-corrected chi connectivity index (χ1v) is 10.6. The quantitative estimate of drug-likeness (QED) is 0.474. The molecule has 0 saturated carbocycles. The average Bonchev–Trinajstić information content (AvgIpc) is 3.16. The second-order valence-electron chi connectivity index (χ2n) is 8.14. The zero-order chi connectivity index (χ0) is 23.3. The molecule has 33 heavy (non-hydrogen) atoms. The molecule has 2 aromatic heterocycles. The third kappa shape index (κ3) is 3.19. The summed E-state index contributed by atoms with van der Waals surface area (Å²) in [6.07, 6.45) is 0.0611. The normalized spacial score (nSPS) is 18.2. The van der Waals surface area contributed by atoms with Crippen molar-refractivity contribution in [2.45, 2.75) is 39.0 Å². The number of amides is 1. The summed E-state index contributed by atoms with van der Waals surface area (Å²) in [6, 6.07) is 11.4. The molecule has 2 aliphatic rings. The molecule has 0 saturated heterocycles. The number of hydrogen-bond donors (Lipinski definition) is 1. The summed E-state index contributed by atoms with van der Waals surface area (Å²) >= 11 is 0. The molecule has 0 radical (unpaired) electrons. The Labute approximate surface area is 188 Å². The molecule has 0 fully saturated rings. The second-order valence-corrected chi connectivity index (χ2v) is 8.14. The minimum Gasteiger partial charge on any atom is -0.457 e. The Kier molecular flexibility index (Phi) is 4.77. The lowest BCUT2D eigenvalue weighted by molar-refractivity contribution is -0.189. The summed E-state index contributed by atoms with van der Waals surface area (Å²) in [5, 5.41) is 3.32. The van der Waals surface area contributed by atoms with Gasteiger partial charge in [-0.15, -0.1) is 0 Å². The van der Waals surface area contributed by atoms with E-state index in [2.05, 4.69) is 5.32 Å². The van der Waals surface area contributed by atoms with E-state index in [-0.39, 0.29) is 24.2 Å². The van der Waals surface area contributed by atoms with E-state index >= 15 is 0 Å². The van der Waals surface area contributed by atoms with Crippen molar-refractivity contribution in [3.63, 3.8) is 0 Å². The highest BCUT2D eigenvalue weighted by Gasteiger charge is 2.50. The van der Waals surface area contributed by atoms with Crippen LogP contribution in [-0.4, -0.2) is 33.9 Å². The third-order valence-corrected chi connectivity index (χ3v) is 6.15. The molecule has 9 nitrogen and oxygen atoms in total. The van der Waals surface area contributed by atoms with Gasteiger partial charge >= 0.3 is 11.9 Å². The highest BCUT2D eigenvalue weighted by Crippen LogP contribution is 2.40. The maximum Gasteiger partial charge on any atom is 0.355 e. The van der Waals surface area contributed by atoms with Gasteiger partial charge < -0.3 is 19.4 Å². The van der Waals surface area contributed by atoms with Gasteiger partial charge in [0.25, 0.3) is 5.56 Å². The molecule has 0 aliphatic carbocycles. The van der Waals surface area contributed by atoms with Crippen LogP contribution in [0.5, 0.6) is 0 Å². The fraction of sp³-hybridized carbons (Fsp3) is 0.292. The van der Waals surface area contributed by atoms with Crippen LogP contribution in [0.15, 0.2) is 41.2 Å². The van der Waals surface area contributed by atoms with E-state index in [1.165, 1.54) is 6.92 Å². The maximum atomic E-state index is 13.4. The Bertz CT molecular complexity index is 1410. The SMILES string of the molecule is CC[C@@]1(OC(=O)CNC(C)=O)C(=O)OCc2c1cc1n(c2=O)Cc2cc3ccccc3nc2-1. The molecule has 3 aromatic rings. The largest absolute Gasteiger partial charge is 0.457 e. The minimum atomic E-state index is -1.78.